The first-order valence-electron chi connectivity index (χ1n) is 3.32. The van der Waals surface area contributed by atoms with Crippen LogP contribution in [0.25, 0.3) is 0 Å². The minimum atomic E-state index is 0.0699. The Labute approximate surface area is 71.4 Å². The van der Waals surface area contributed by atoms with Gasteiger partial charge in [0.25, 0.3) is 0 Å². The first kappa shape index (κ1) is 8.59. The molecule has 0 aliphatic heterocycles. The molecule has 0 aromatic heterocycles. The van der Waals surface area contributed by atoms with Crippen molar-refractivity contribution in [2.75, 3.05) is 0 Å². The van der Waals surface area contributed by atoms with Crippen molar-refractivity contribution < 1.29 is 9.29 Å². The Morgan fingerprint density at radius 2 is 2.09 bits per heavy atom. The zero-order valence-corrected chi connectivity index (χ0v) is 6.92. The van der Waals surface area contributed by atoms with Crippen molar-refractivity contribution in [1.82, 2.24) is 0 Å². The van der Waals surface area contributed by atoms with Gasteiger partial charge in [-0.05, 0) is 24.0 Å². The van der Waals surface area contributed by atoms with E-state index >= 15 is 0 Å². The van der Waals surface area contributed by atoms with E-state index < -0.39 is 0 Å². The van der Waals surface area contributed by atoms with Gasteiger partial charge in [-0.15, -0.1) is 0 Å². The third-order valence-corrected chi connectivity index (χ3v) is 1.53. The molecular formula is C8H10O2S. The fourth-order valence-electron chi connectivity index (χ4n) is 0.892. The van der Waals surface area contributed by atoms with E-state index in [1.54, 1.807) is 0 Å². The van der Waals surface area contributed by atoms with Crippen LogP contribution in [-0.4, -0.2) is 5.11 Å². The second kappa shape index (κ2) is 4.38. The van der Waals surface area contributed by atoms with Crippen LogP contribution >= 0.6 is 12.9 Å². The van der Waals surface area contributed by atoms with Crippen LogP contribution in [0.4, 0.5) is 0 Å². The largest absolute Gasteiger partial charge is 0.392 e. The van der Waals surface area contributed by atoms with E-state index in [0.29, 0.717) is 6.61 Å². The van der Waals surface area contributed by atoms with Crippen LogP contribution in [0.2, 0.25) is 0 Å². The van der Waals surface area contributed by atoms with Crippen LogP contribution < -0.4 is 0 Å². The Kier molecular flexibility index (Phi) is 3.42. The minimum absolute atomic E-state index is 0.0699. The molecular weight excluding hydrogens is 160 g/mol. The SMILES string of the molecule is OCc1cccc(COS)c1. The third kappa shape index (κ3) is 2.54. The monoisotopic (exact) mass is 170 g/mol. The molecule has 1 N–H and O–H groups in total. The van der Waals surface area contributed by atoms with Gasteiger partial charge in [-0.1, -0.05) is 24.3 Å². The van der Waals surface area contributed by atoms with E-state index in [1.807, 2.05) is 24.3 Å². The van der Waals surface area contributed by atoms with Gasteiger partial charge in [0, 0.05) is 0 Å². The van der Waals surface area contributed by atoms with Crippen molar-refractivity contribution in [2.24, 2.45) is 0 Å². The van der Waals surface area contributed by atoms with E-state index in [2.05, 4.69) is 17.1 Å². The van der Waals surface area contributed by atoms with Crippen LogP contribution in [0.1, 0.15) is 11.1 Å². The number of hydrogen-bond donors (Lipinski definition) is 2. The van der Waals surface area contributed by atoms with Gasteiger partial charge in [-0.3, -0.25) is 0 Å². The third-order valence-electron chi connectivity index (χ3n) is 1.41. The number of benzene rings is 1. The maximum atomic E-state index is 8.77. The van der Waals surface area contributed by atoms with E-state index in [-0.39, 0.29) is 6.61 Å². The fraction of sp³-hybridized carbons (Fsp3) is 0.250. The average molecular weight is 170 g/mol. The fourth-order valence-corrected chi connectivity index (χ4v) is 1.04. The standard InChI is InChI=1S/C8H10O2S/c9-5-7-2-1-3-8(4-7)6-10-11/h1-4,9,11H,5-6H2. The highest BCUT2D eigenvalue weighted by molar-refractivity contribution is 7.75. The van der Waals surface area contributed by atoms with Gasteiger partial charge >= 0.3 is 0 Å². The highest BCUT2D eigenvalue weighted by atomic mass is 32.1. The Morgan fingerprint density at radius 3 is 2.73 bits per heavy atom. The van der Waals surface area contributed by atoms with Gasteiger partial charge in [0.1, 0.15) is 0 Å². The smallest absolute Gasteiger partial charge is 0.0861 e. The van der Waals surface area contributed by atoms with Gasteiger partial charge in [0.2, 0.25) is 0 Å². The summed E-state index contributed by atoms with van der Waals surface area (Å²) in [5.41, 5.74) is 1.92. The van der Waals surface area contributed by atoms with E-state index in [1.165, 1.54) is 0 Å². The molecule has 1 aromatic rings. The molecule has 0 bridgehead atoms. The number of aliphatic hydroxyl groups excluding tert-OH is 1. The molecule has 1 rings (SSSR count). The molecule has 60 valence electrons. The zero-order valence-electron chi connectivity index (χ0n) is 6.03. The Hall–Kier alpha value is -0.510. The molecule has 0 fully saturated rings. The summed E-state index contributed by atoms with van der Waals surface area (Å²) >= 11 is 3.63. The molecule has 0 aliphatic rings. The molecule has 3 heteroatoms. The van der Waals surface area contributed by atoms with Crippen LogP contribution in [0.3, 0.4) is 0 Å². The van der Waals surface area contributed by atoms with Gasteiger partial charge in [-0.2, -0.15) is 0 Å². The van der Waals surface area contributed by atoms with Crippen molar-refractivity contribution in [3.8, 4) is 0 Å². The number of hydrogen-bond acceptors (Lipinski definition) is 3. The predicted molar refractivity (Wildman–Crippen MR) is 46.1 cm³/mol. The van der Waals surface area contributed by atoms with Crippen molar-refractivity contribution in [3.63, 3.8) is 0 Å². The Bertz CT molecular complexity index is 225. The molecule has 2 nitrogen and oxygen atoms in total. The number of thiol groups is 1. The van der Waals surface area contributed by atoms with Gasteiger partial charge in [-0.25, -0.2) is 0 Å². The molecule has 0 spiro atoms. The summed E-state index contributed by atoms with van der Waals surface area (Å²) in [7, 11) is 0. The van der Waals surface area contributed by atoms with Crippen LogP contribution in [0.15, 0.2) is 24.3 Å². The molecule has 0 atom stereocenters. The molecule has 0 amide bonds. The summed E-state index contributed by atoms with van der Waals surface area (Å²) in [4.78, 5) is 0. The lowest BCUT2D eigenvalue weighted by Crippen LogP contribution is -1.87. The van der Waals surface area contributed by atoms with Gasteiger partial charge in [0.15, 0.2) is 0 Å². The highest BCUT2D eigenvalue weighted by Gasteiger charge is 1.93. The molecule has 0 radical (unpaired) electrons. The van der Waals surface area contributed by atoms with Crippen molar-refractivity contribution >= 4 is 12.9 Å². The maximum Gasteiger partial charge on any atom is 0.0861 e. The first-order chi connectivity index (χ1) is 5.36. The lowest BCUT2D eigenvalue weighted by molar-refractivity contribution is 0.281. The zero-order chi connectivity index (χ0) is 8.10. The van der Waals surface area contributed by atoms with Gasteiger partial charge < -0.3 is 9.29 Å². The van der Waals surface area contributed by atoms with E-state index in [0.717, 1.165) is 11.1 Å². The average Bonchev–Trinajstić information content (AvgIpc) is 2.06. The van der Waals surface area contributed by atoms with E-state index in [9.17, 15) is 0 Å². The molecule has 11 heavy (non-hydrogen) atoms. The Morgan fingerprint density at radius 1 is 1.36 bits per heavy atom. The lowest BCUT2D eigenvalue weighted by atomic mass is 10.1. The molecule has 0 unspecified atom stereocenters. The molecule has 0 aliphatic carbocycles. The molecule has 0 heterocycles. The quantitative estimate of drug-likeness (QED) is 0.532. The second-order valence-corrected chi connectivity index (χ2v) is 2.51. The lowest BCUT2D eigenvalue weighted by Gasteiger charge is -2.00. The minimum Gasteiger partial charge on any atom is -0.392 e. The van der Waals surface area contributed by atoms with E-state index in [4.69, 9.17) is 5.11 Å². The maximum absolute atomic E-state index is 8.77. The van der Waals surface area contributed by atoms with Gasteiger partial charge in [0.05, 0.1) is 13.2 Å². The normalized spacial score (nSPS) is 10.0. The number of rotatable bonds is 3. The summed E-state index contributed by atoms with van der Waals surface area (Å²) in [6.45, 7) is 0.539. The van der Waals surface area contributed by atoms with Crippen molar-refractivity contribution in [3.05, 3.63) is 35.4 Å². The highest BCUT2D eigenvalue weighted by Crippen LogP contribution is 2.06. The summed E-state index contributed by atoms with van der Waals surface area (Å²) < 4.78 is 4.64. The summed E-state index contributed by atoms with van der Waals surface area (Å²) in [5, 5.41) is 8.77. The summed E-state index contributed by atoms with van der Waals surface area (Å²) in [6, 6.07) is 7.56. The topological polar surface area (TPSA) is 29.5 Å². The molecule has 1 aromatic carbocycles. The molecule has 0 saturated carbocycles. The Balaban J connectivity index is 2.74. The van der Waals surface area contributed by atoms with Crippen LogP contribution in [0.5, 0.6) is 0 Å². The number of aliphatic hydroxyl groups is 1. The van der Waals surface area contributed by atoms with Crippen LogP contribution in [-0.2, 0) is 17.4 Å². The van der Waals surface area contributed by atoms with Crippen molar-refractivity contribution in [2.45, 2.75) is 13.2 Å². The summed E-state index contributed by atoms with van der Waals surface area (Å²) in [5.74, 6) is 0. The van der Waals surface area contributed by atoms with Crippen molar-refractivity contribution in [1.29, 1.82) is 0 Å². The van der Waals surface area contributed by atoms with Crippen LogP contribution in [0, 0.1) is 0 Å². The predicted octanol–water partition coefficient (Wildman–Crippen LogP) is 1.54. The summed E-state index contributed by atoms with van der Waals surface area (Å²) in [6.07, 6.45) is 0. The first-order valence-corrected chi connectivity index (χ1v) is 3.68. The second-order valence-electron chi connectivity index (χ2n) is 2.25. The molecule has 0 saturated heterocycles.